The molecule has 0 bridgehead atoms. The molecule has 3 heterocycles. The number of amidine groups is 1. The van der Waals surface area contributed by atoms with Gasteiger partial charge in [0.1, 0.15) is 18.0 Å². The van der Waals surface area contributed by atoms with Gasteiger partial charge in [-0.3, -0.25) is 14.6 Å². The van der Waals surface area contributed by atoms with Gasteiger partial charge in [0.2, 0.25) is 11.9 Å². The lowest BCUT2D eigenvalue weighted by molar-refractivity contribution is -0.525. The molecule has 0 radical (unpaired) electrons. The molecule has 8 heteroatoms. The summed E-state index contributed by atoms with van der Waals surface area (Å²) in [5, 5.41) is 0. The molecular formula is C17H20N5O3+. The topological polar surface area (TPSA) is 68.5 Å². The number of carbonyl (C=O) groups is 2. The van der Waals surface area contributed by atoms with Crippen molar-refractivity contribution in [3.05, 3.63) is 24.3 Å². The maximum absolute atomic E-state index is 12.6. The zero-order valence-corrected chi connectivity index (χ0v) is 14.5. The summed E-state index contributed by atoms with van der Waals surface area (Å²) in [5.74, 6) is 1.76. The van der Waals surface area contributed by atoms with Crippen LogP contribution in [0, 0.1) is 0 Å². The van der Waals surface area contributed by atoms with Crippen LogP contribution in [0.3, 0.4) is 0 Å². The second kappa shape index (κ2) is 5.58. The molecular weight excluding hydrogens is 322 g/mol. The summed E-state index contributed by atoms with van der Waals surface area (Å²) in [5.41, 5.74) is 0.959. The van der Waals surface area contributed by atoms with Gasteiger partial charge in [0.05, 0.1) is 13.2 Å². The Balaban J connectivity index is 1.72. The molecule has 1 aromatic carbocycles. The molecule has 1 saturated heterocycles. The van der Waals surface area contributed by atoms with E-state index in [1.165, 1.54) is 11.9 Å². The number of likely N-dealkylation sites (N-methyl/N-ethyl adjacent to an activating group) is 2. The molecule has 0 spiro atoms. The molecule has 130 valence electrons. The van der Waals surface area contributed by atoms with Crippen LogP contribution in [0.15, 0.2) is 29.3 Å². The summed E-state index contributed by atoms with van der Waals surface area (Å²) < 4.78 is 7.54. The number of hydrogen-bond donors (Lipinski definition) is 0. The van der Waals surface area contributed by atoms with Gasteiger partial charge in [-0.2, -0.15) is 0 Å². The Hall–Kier alpha value is -2.90. The standard InChI is InChI=1S/C17H20N5O3/c1-4-25-12-7-5-6-11(10-12)21-8-9-22-13-14(18-16(21)22)19(2)17(24)20(3)15(13)23/h5-7,10,13H,4,8-9H2,1-3H3/q+1. The first-order valence-corrected chi connectivity index (χ1v) is 8.30. The minimum Gasteiger partial charge on any atom is -0.494 e. The third-order valence-electron chi connectivity index (χ3n) is 4.76. The zero-order valence-electron chi connectivity index (χ0n) is 14.5. The van der Waals surface area contributed by atoms with Crippen molar-refractivity contribution in [2.24, 2.45) is 4.99 Å². The van der Waals surface area contributed by atoms with E-state index < -0.39 is 6.04 Å². The fourth-order valence-corrected chi connectivity index (χ4v) is 3.49. The number of carbonyl (C=O) groups excluding carboxylic acids is 2. The zero-order chi connectivity index (χ0) is 17.7. The molecule has 1 aromatic rings. The number of guanidine groups is 1. The van der Waals surface area contributed by atoms with E-state index in [9.17, 15) is 9.59 Å². The van der Waals surface area contributed by atoms with E-state index in [1.54, 1.807) is 7.05 Å². The van der Waals surface area contributed by atoms with E-state index in [4.69, 9.17) is 4.74 Å². The van der Waals surface area contributed by atoms with Crippen LogP contribution in [0.4, 0.5) is 10.5 Å². The van der Waals surface area contributed by atoms with Crippen LogP contribution < -0.4 is 9.64 Å². The van der Waals surface area contributed by atoms with Crippen LogP contribution in [0.2, 0.25) is 0 Å². The molecule has 1 atom stereocenters. The molecule has 3 aliphatic heterocycles. The number of benzene rings is 1. The molecule has 25 heavy (non-hydrogen) atoms. The van der Waals surface area contributed by atoms with Gasteiger partial charge in [-0.15, -0.1) is 0 Å². The normalized spacial score (nSPS) is 22.4. The van der Waals surface area contributed by atoms with Gasteiger partial charge in [0, 0.05) is 20.2 Å². The van der Waals surface area contributed by atoms with E-state index in [-0.39, 0.29) is 11.9 Å². The monoisotopic (exact) mass is 342 g/mol. The lowest BCUT2D eigenvalue weighted by Crippen LogP contribution is -2.61. The van der Waals surface area contributed by atoms with Crippen molar-refractivity contribution in [1.29, 1.82) is 0 Å². The lowest BCUT2D eigenvalue weighted by atomic mass is 10.1. The Morgan fingerprint density at radius 3 is 2.84 bits per heavy atom. The first-order chi connectivity index (χ1) is 12.0. The van der Waals surface area contributed by atoms with E-state index >= 15 is 0 Å². The molecule has 4 rings (SSSR count). The van der Waals surface area contributed by atoms with Crippen molar-refractivity contribution < 1.29 is 18.9 Å². The molecule has 0 aliphatic carbocycles. The highest BCUT2D eigenvalue weighted by atomic mass is 16.5. The third-order valence-corrected chi connectivity index (χ3v) is 4.76. The fourth-order valence-electron chi connectivity index (χ4n) is 3.49. The first kappa shape index (κ1) is 15.6. The Bertz CT molecular complexity index is 831. The molecule has 3 amide bonds. The smallest absolute Gasteiger partial charge is 0.397 e. The number of hydrogen-bond acceptors (Lipinski definition) is 5. The molecule has 3 aliphatic rings. The van der Waals surface area contributed by atoms with Crippen LogP contribution in [0.1, 0.15) is 6.92 Å². The molecule has 0 N–H and O–H groups in total. The van der Waals surface area contributed by atoms with Crippen molar-refractivity contribution in [3.8, 4) is 5.75 Å². The van der Waals surface area contributed by atoms with Gasteiger partial charge in [0.25, 0.3) is 5.91 Å². The molecule has 8 nitrogen and oxygen atoms in total. The number of amides is 3. The molecule has 0 aromatic heterocycles. The summed E-state index contributed by atoms with van der Waals surface area (Å²) in [6, 6.07) is 6.92. The fraction of sp³-hybridized carbons (Fsp3) is 0.412. The summed E-state index contributed by atoms with van der Waals surface area (Å²) in [6.07, 6.45) is 0. The van der Waals surface area contributed by atoms with E-state index in [0.717, 1.165) is 22.9 Å². The highest BCUT2D eigenvalue weighted by Gasteiger charge is 2.54. The van der Waals surface area contributed by atoms with Gasteiger partial charge in [-0.25, -0.2) is 14.3 Å². The predicted octanol–water partition coefficient (Wildman–Crippen LogP) is 0.578. The van der Waals surface area contributed by atoms with Crippen molar-refractivity contribution in [1.82, 2.24) is 9.80 Å². The third kappa shape index (κ3) is 2.20. The average Bonchev–Trinajstić information content (AvgIpc) is 3.18. The van der Waals surface area contributed by atoms with Gasteiger partial charge in [-0.1, -0.05) is 11.1 Å². The minimum atomic E-state index is -0.525. The van der Waals surface area contributed by atoms with Crippen LogP contribution in [-0.2, 0) is 4.79 Å². The number of imide groups is 1. The first-order valence-electron chi connectivity index (χ1n) is 8.30. The Morgan fingerprint density at radius 2 is 2.08 bits per heavy atom. The van der Waals surface area contributed by atoms with Crippen molar-refractivity contribution in [2.75, 3.05) is 38.7 Å². The summed E-state index contributed by atoms with van der Waals surface area (Å²) in [7, 11) is 3.16. The number of aliphatic imine (C=N–C) groups is 1. The molecule has 1 fully saturated rings. The maximum Gasteiger partial charge on any atom is 0.397 e. The van der Waals surface area contributed by atoms with Crippen molar-refractivity contribution >= 4 is 29.4 Å². The Kier molecular flexibility index (Phi) is 3.48. The summed E-state index contributed by atoms with van der Waals surface area (Å²) in [6.45, 7) is 3.95. The van der Waals surface area contributed by atoms with Gasteiger partial charge in [-0.05, 0) is 19.1 Å². The summed E-state index contributed by atoms with van der Waals surface area (Å²) in [4.78, 5) is 34.0. The Morgan fingerprint density at radius 1 is 1.28 bits per heavy atom. The van der Waals surface area contributed by atoms with Crippen LogP contribution in [0.25, 0.3) is 0 Å². The minimum absolute atomic E-state index is 0.234. The van der Waals surface area contributed by atoms with Crippen LogP contribution in [-0.4, -0.2) is 77.9 Å². The quantitative estimate of drug-likeness (QED) is 0.754. The number of urea groups is 1. The van der Waals surface area contributed by atoms with Gasteiger partial charge >= 0.3 is 12.0 Å². The largest absolute Gasteiger partial charge is 0.494 e. The van der Waals surface area contributed by atoms with Crippen molar-refractivity contribution in [2.45, 2.75) is 13.0 Å². The predicted molar refractivity (Wildman–Crippen MR) is 92.2 cm³/mol. The maximum atomic E-state index is 12.6. The summed E-state index contributed by atoms with van der Waals surface area (Å²) >= 11 is 0. The second-order valence-corrected chi connectivity index (χ2v) is 6.19. The SMILES string of the molecule is CCOc1cccc(N2CC[N+]3=C2N=C2C3C(=O)N(C)C(=O)N2C)c1. The number of ether oxygens (including phenoxy) is 1. The number of rotatable bonds is 3. The van der Waals surface area contributed by atoms with E-state index in [0.29, 0.717) is 24.9 Å². The molecule has 1 unspecified atom stereocenters. The average molecular weight is 342 g/mol. The highest BCUT2D eigenvalue weighted by Crippen LogP contribution is 2.28. The van der Waals surface area contributed by atoms with Gasteiger partial charge < -0.3 is 4.74 Å². The van der Waals surface area contributed by atoms with Crippen molar-refractivity contribution in [3.63, 3.8) is 0 Å². The highest BCUT2D eigenvalue weighted by molar-refractivity contribution is 6.24. The number of nitrogens with zero attached hydrogens (tertiary/aromatic N) is 5. The van der Waals surface area contributed by atoms with Gasteiger partial charge in [0.15, 0.2) is 0 Å². The van der Waals surface area contributed by atoms with E-state index in [2.05, 4.69) is 9.89 Å². The second-order valence-electron chi connectivity index (χ2n) is 6.19. The number of fused-ring (bicyclic) bond motifs is 2. The Labute approximate surface area is 145 Å². The van der Waals surface area contributed by atoms with Crippen LogP contribution >= 0.6 is 0 Å². The molecule has 0 saturated carbocycles. The number of anilines is 1. The van der Waals surface area contributed by atoms with Crippen LogP contribution in [0.5, 0.6) is 5.75 Å². The van der Waals surface area contributed by atoms with E-state index in [1.807, 2.05) is 35.8 Å². The lowest BCUT2D eigenvalue weighted by Gasteiger charge is -2.31.